The van der Waals surface area contributed by atoms with Gasteiger partial charge in [-0.3, -0.25) is 19.8 Å². The van der Waals surface area contributed by atoms with Gasteiger partial charge in [0.05, 0.1) is 24.3 Å². The van der Waals surface area contributed by atoms with Crippen molar-refractivity contribution in [3.63, 3.8) is 0 Å². The summed E-state index contributed by atoms with van der Waals surface area (Å²) in [6.45, 7) is 3.14. The number of nitrogens with zero attached hydrogens (tertiary/aromatic N) is 3. The molecule has 1 aliphatic rings. The zero-order chi connectivity index (χ0) is 21.8. The number of H-pyrrole nitrogens is 1. The van der Waals surface area contributed by atoms with Crippen molar-refractivity contribution in [1.82, 2.24) is 25.4 Å². The number of hydrogen-bond donors (Lipinski definition) is 2. The van der Waals surface area contributed by atoms with Crippen LogP contribution in [-0.4, -0.2) is 58.7 Å². The van der Waals surface area contributed by atoms with Gasteiger partial charge in [0.2, 0.25) is 0 Å². The van der Waals surface area contributed by atoms with Gasteiger partial charge in [0.15, 0.2) is 5.69 Å². The Morgan fingerprint density at radius 3 is 2.74 bits per heavy atom. The molecule has 162 valence electrons. The fourth-order valence-electron chi connectivity index (χ4n) is 3.86. The van der Waals surface area contributed by atoms with E-state index in [1.165, 1.54) is 6.07 Å². The largest absolute Gasteiger partial charge is 0.543 e. The molecule has 1 aromatic carbocycles. The van der Waals surface area contributed by atoms with Crippen LogP contribution < -0.4 is 15.2 Å². The molecule has 1 aliphatic heterocycles. The number of piperidine rings is 1. The summed E-state index contributed by atoms with van der Waals surface area (Å²) in [7, 11) is 1.59. The molecule has 0 spiro atoms. The van der Waals surface area contributed by atoms with Crippen LogP contribution in [0, 0.1) is 5.92 Å². The van der Waals surface area contributed by atoms with E-state index in [1.807, 2.05) is 12.1 Å². The molecule has 0 atom stereocenters. The molecule has 3 heterocycles. The highest BCUT2D eigenvalue weighted by Crippen LogP contribution is 2.22. The first-order chi connectivity index (χ1) is 15.0. The topological polar surface area (TPSA) is 123 Å². The first-order valence-corrected chi connectivity index (χ1v) is 10.2. The first-order valence-electron chi connectivity index (χ1n) is 10.2. The molecule has 9 nitrogen and oxygen atoms in total. The minimum Gasteiger partial charge on any atom is -0.543 e. The maximum Gasteiger partial charge on any atom is 0.272 e. The van der Waals surface area contributed by atoms with Gasteiger partial charge >= 0.3 is 0 Å². The Labute approximate surface area is 179 Å². The van der Waals surface area contributed by atoms with Gasteiger partial charge in [0.25, 0.3) is 5.91 Å². The van der Waals surface area contributed by atoms with Crippen LogP contribution in [-0.2, 0) is 6.54 Å². The maximum absolute atomic E-state index is 12.6. The molecule has 2 N–H and O–H groups in total. The number of hydrogen-bond acceptors (Lipinski definition) is 7. The van der Waals surface area contributed by atoms with Crippen molar-refractivity contribution in [2.75, 3.05) is 26.7 Å². The molecule has 4 rings (SSSR count). The highest BCUT2D eigenvalue weighted by Gasteiger charge is 2.21. The fourth-order valence-corrected chi connectivity index (χ4v) is 3.86. The Morgan fingerprint density at radius 2 is 2.06 bits per heavy atom. The van der Waals surface area contributed by atoms with Gasteiger partial charge < -0.3 is 20.0 Å². The van der Waals surface area contributed by atoms with Crippen molar-refractivity contribution in [3.8, 4) is 5.75 Å². The van der Waals surface area contributed by atoms with E-state index in [0.29, 0.717) is 23.9 Å². The molecule has 1 saturated heterocycles. The summed E-state index contributed by atoms with van der Waals surface area (Å²) in [5.41, 5.74) is 2.08. The Balaban J connectivity index is 1.26. The lowest BCUT2D eigenvalue weighted by atomic mass is 9.96. The molecule has 9 heteroatoms. The molecule has 0 aliphatic carbocycles. The van der Waals surface area contributed by atoms with Crippen LogP contribution in [0.1, 0.15) is 39.4 Å². The van der Waals surface area contributed by atoms with Gasteiger partial charge in [0, 0.05) is 24.7 Å². The predicted molar refractivity (Wildman–Crippen MR) is 112 cm³/mol. The lowest BCUT2D eigenvalue weighted by Crippen LogP contribution is -2.38. The van der Waals surface area contributed by atoms with Crippen LogP contribution in [0.5, 0.6) is 5.75 Å². The zero-order valence-corrected chi connectivity index (χ0v) is 17.3. The second-order valence-corrected chi connectivity index (χ2v) is 7.75. The van der Waals surface area contributed by atoms with Crippen molar-refractivity contribution in [2.24, 2.45) is 5.92 Å². The molecule has 0 bridgehead atoms. The number of rotatable bonds is 7. The number of benzene rings is 1. The number of aromatic amines is 1. The van der Waals surface area contributed by atoms with Crippen molar-refractivity contribution in [3.05, 3.63) is 53.5 Å². The van der Waals surface area contributed by atoms with E-state index in [0.717, 1.165) is 48.9 Å². The molecule has 31 heavy (non-hydrogen) atoms. The predicted octanol–water partition coefficient (Wildman–Crippen LogP) is 0.972. The van der Waals surface area contributed by atoms with E-state index >= 15 is 0 Å². The summed E-state index contributed by atoms with van der Waals surface area (Å²) >= 11 is 0. The quantitative estimate of drug-likeness (QED) is 0.582. The summed E-state index contributed by atoms with van der Waals surface area (Å²) in [5.74, 6) is -0.379. The van der Waals surface area contributed by atoms with Crippen molar-refractivity contribution in [1.29, 1.82) is 0 Å². The van der Waals surface area contributed by atoms with Gasteiger partial charge in [-0.15, -0.1) is 0 Å². The number of carbonyl (C=O) groups excluding carboxylic acids is 2. The molecule has 0 radical (unpaired) electrons. The van der Waals surface area contributed by atoms with E-state index in [1.54, 1.807) is 25.4 Å². The SMILES string of the molecule is COc1ccc2[nH]nc(C(=O)NCC3CCN(Cc4ccc(C(=O)[O-])nc4)CC3)c2c1. The number of amides is 1. The van der Waals surface area contributed by atoms with Crippen LogP contribution in [0.25, 0.3) is 10.9 Å². The van der Waals surface area contributed by atoms with Gasteiger partial charge in [-0.1, -0.05) is 6.07 Å². The van der Waals surface area contributed by atoms with Gasteiger partial charge in [-0.25, -0.2) is 0 Å². The number of carbonyl (C=O) groups is 2. The van der Waals surface area contributed by atoms with E-state index in [-0.39, 0.29) is 11.6 Å². The smallest absolute Gasteiger partial charge is 0.272 e. The number of methoxy groups -OCH3 is 1. The monoisotopic (exact) mass is 422 g/mol. The Hall–Kier alpha value is -3.46. The van der Waals surface area contributed by atoms with E-state index in [4.69, 9.17) is 4.74 Å². The molecule has 2 aromatic heterocycles. The van der Waals surface area contributed by atoms with Crippen molar-refractivity contribution < 1.29 is 19.4 Å². The molecular weight excluding hydrogens is 398 g/mol. The number of carboxylic acids is 1. The Kier molecular flexibility index (Phi) is 6.13. The van der Waals surface area contributed by atoms with Crippen LogP contribution in [0.2, 0.25) is 0 Å². The number of ether oxygens (including phenoxy) is 1. The third-order valence-corrected chi connectivity index (χ3v) is 5.68. The Bertz CT molecular complexity index is 1070. The first kappa shape index (κ1) is 20.8. The highest BCUT2D eigenvalue weighted by atomic mass is 16.5. The summed E-state index contributed by atoms with van der Waals surface area (Å²) in [5, 5.41) is 21.6. The van der Waals surface area contributed by atoms with Crippen LogP contribution >= 0.6 is 0 Å². The third kappa shape index (κ3) is 4.83. The molecule has 0 saturated carbocycles. The van der Waals surface area contributed by atoms with Crippen molar-refractivity contribution >= 4 is 22.8 Å². The second kappa shape index (κ2) is 9.13. The van der Waals surface area contributed by atoms with Gasteiger partial charge in [0.1, 0.15) is 5.75 Å². The molecule has 1 amide bonds. The minimum absolute atomic E-state index is 0.0543. The standard InChI is InChI=1S/C22H25N5O4/c1-31-16-3-5-18-17(10-16)20(26-25-18)21(28)24-11-14-6-8-27(9-7-14)13-15-2-4-19(22(29)30)23-12-15/h2-5,10,12,14H,6-9,11,13H2,1H3,(H,24,28)(H,25,26)(H,29,30)/p-1. The van der Waals surface area contributed by atoms with Gasteiger partial charge in [-0.05, 0) is 61.7 Å². The highest BCUT2D eigenvalue weighted by molar-refractivity contribution is 6.05. The molecule has 0 unspecified atom stereocenters. The van der Waals surface area contributed by atoms with E-state index in [2.05, 4.69) is 25.4 Å². The lowest BCUT2D eigenvalue weighted by molar-refractivity contribution is -0.255. The van der Waals surface area contributed by atoms with Crippen LogP contribution in [0.15, 0.2) is 36.5 Å². The van der Waals surface area contributed by atoms with Crippen LogP contribution in [0.3, 0.4) is 0 Å². The summed E-state index contributed by atoms with van der Waals surface area (Å²) in [4.78, 5) is 29.7. The van der Waals surface area contributed by atoms with E-state index < -0.39 is 5.97 Å². The molecule has 3 aromatic rings. The lowest BCUT2D eigenvalue weighted by Gasteiger charge is -2.32. The van der Waals surface area contributed by atoms with E-state index in [9.17, 15) is 14.7 Å². The number of fused-ring (bicyclic) bond motifs is 1. The average molecular weight is 422 g/mol. The summed E-state index contributed by atoms with van der Waals surface area (Å²) in [6, 6.07) is 8.72. The van der Waals surface area contributed by atoms with Crippen molar-refractivity contribution in [2.45, 2.75) is 19.4 Å². The number of aromatic nitrogens is 3. The van der Waals surface area contributed by atoms with Gasteiger partial charge in [-0.2, -0.15) is 5.10 Å². The number of carboxylic acid groups (broad SMARTS) is 1. The molecular formula is C22H24N5O4-. The maximum atomic E-state index is 12.6. The minimum atomic E-state index is -1.27. The second-order valence-electron chi connectivity index (χ2n) is 7.75. The number of aromatic carboxylic acids is 1. The fraction of sp³-hybridized carbons (Fsp3) is 0.364. The third-order valence-electron chi connectivity index (χ3n) is 5.68. The number of pyridine rings is 1. The Morgan fingerprint density at radius 1 is 1.26 bits per heavy atom. The number of likely N-dealkylation sites (tertiary alicyclic amines) is 1. The average Bonchev–Trinajstić information content (AvgIpc) is 3.22. The summed E-state index contributed by atoms with van der Waals surface area (Å²) in [6.07, 6.45) is 3.53. The molecule has 1 fully saturated rings. The summed E-state index contributed by atoms with van der Waals surface area (Å²) < 4.78 is 5.24. The number of nitrogens with one attached hydrogen (secondary N) is 2. The zero-order valence-electron chi connectivity index (χ0n) is 17.3. The van der Waals surface area contributed by atoms with Crippen LogP contribution in [0.4, 0.5) is 0 Å². The normalized spacial score (nSPS) is 15.1.